The second kappa shape index (κ2) is 4.08. The van der Waals surface area contributed by atoms with Gasteiger partial charge in [-0.15, -0.1) is 3.74 Å². The molecule has 0 fully saturated rings. The molecule has 0 aliphatic rings. The molecule has 7 heteroatoms. The Balaban J connectivity index is -0.000000125. The summed E-state index contributed by atoms with van der Waals surface area (Å²) in [6, 6.07) is 0. The Morgan fingerprint density at radius 2 is 1.86 bits per heavy atom. The van der Waals surface area contributed by atoms with Gasteiger partial charge in [0.25, 0.3) is 0 Å². The van der Waals surface area contributed by atoms with Gasteiger partial charge in [0.05, 0.1) is 11.9 Å². The van der Waals surface area contributed by atoms with Gasteiger partial charge in [-0.1, -0.05) is 0 Å². The summed E-state index contributed by atoms with van der Waals surface area (Å²) in [6.07, 6.45) is 0. The van der Waals surface area contributed by atoms with Crippen LogP contribution in [0.5, 0.6) is 0 Å². The maximum absolute atomic E-state index is 9.42. The molecule has 0 aliphatic carbocycles. The molecule has 0 atom stereocenters. The minimum Gasteiger partial charge on any atom is -1.00 e. The molecule has 0 rings (SSSR count). The van der Waals surface area contributed by atoms with Crippen molar-refractivity contribution >= 4 is 22.2 Å². The van der Waals surface area contributed by atoms with Gasteiger partial charge >= 0.3 is 39.9 Å². The largest absolute Gasteiger partial charge is 1.00 e. The van der Waals surface area contributed by atoms with Crippen molar-refractivity contribution in [1.29, 1.82) is 0 Å². The Labute approximate surface area is 70.2 Å². The quantitative estimate of drug-likeness (QED) is 0.399. The summed E-state index contributed by atoms with van der Waals surface area (Å²) in [6.45, 7) is 0. The van der Waals surface area contributed by atoms with Gasteiger partial charge in [-0.05, 0) is 0 Å². The Kier molecular flexibility index (Phi) is 6.43. The first kappa shape index (κ1) is 11.0. The molecule has 7 heavy (non-hydrogen) atoms. The van der Waals surface area contributed by atoms with Crippen LogP contribution in [0.2, 0.25) is 0 Å². The van der Waals surface area contributed by atoms with E-state index in [0.717, 1.165) is 0 Å². The Morgan fingerprint density at radius 3 is 1.86 bits per heavy atom. The van der Waals surface area contributed by atoms with Gasteiger partial charge in [-0.2, -0.15) is 8.42 Å². The van der Waals surface area contributed by atoms with E-state index in [9.17, 15) is 8.42 Å². The summed E-state index contributed by atoms with van der Waals surface area (Å²) < 4.78 is 22.0. The van der Waals surface area contributed by atoms with E-state index < -0.39 is 10.3 Å². The normalized spacial score (nSPS) is 10.0. The van der Waals surface area contributed by atoms with Crippen molar-refractivity contribution in [2.24, 2.45) is 5.14 Å². The molecule has 0 aromatic carbocycles. The van der Waals surface area contributed by atoms with Crippen LogP contribution in [0.15, 0.2) is 0 Å². The molecule has 0 radical (unpaired) electrons. The van der Waals surface area contributed by atoms with Crippen LogP contribution in [-0.4, -0.2) is 8.42 Å². The smallest absolute Gasteiger partial charge is 1.00 e. The van der Waals surface area contributed by atoms with Gasteiger partial charge in [-0.25, -0.2) is 5.14 Å². The SMILES string of the molecule is NS(=O)(=O)OCl.[H-].[Na+]. The molecule has 2 N–H and O–H groups in total. The van der Waals surface area contributed by atoms with E-state index in [4.69, 9.17) is 0 Å². The van der Waals surface area contributed by atoms with Crippen molar-refractivity contribution in [3.63, 3.8) is 0 Å². The fourth-order valence-corrected chi connectivity index (χ4v) is 0. The molecule has 0 bridgehead atoms. The first-order valence-corrected chi connectivity index (χ1v) is 2.67. The summed E-state index contributed by atoms with van der Waals surface area (Å²) in [5.41, 5.74) is 0. The van der Waals surface area contributed by atoms with Crippen LogP contribution in [0.3, 0.4) is 0 Å². The molecular weight excluding hydrogens is 153 g/mol. The van der Waals surface area contributed by atoms with Crippen LogP contribution >= 0.6 is 11.9 Å². The molecule has 0 aromatic heterocycles. The van der Waals surface area contributed by atoms with Crippen LogP contribution in [0.25, 0.3) is 0 Å². The number of halogens is 1. The zero-order valence-electron chi connectivity index (χ0n) is 4.59. The molecule has 0 unspecified atom stereocenters. The van der Waals surface area contributed by atoms with Crippen molar-refractivity contribution in [2.75, 3.05) is 0 Å². The van der Waals surface area contributed by atoms with Gasteiger partial charge in [-0.3, -0.25) is 0 Å². The van der Waals surface area contributed by atoms with Gasteiger partial charge in [0, 0.05) is 0 Å². The van der Waals surface area contributed by atoms with Gasteiger partial charge in [0.2, 0.25) is 0 Å². The van der Waals surface area contributed by atoms with E-state index in [1.807, 2.05) is 0 Å². The standard InChI is InChI=1S/ClH2NO3S.Na.H/c1-5-6(2,3)4;;/h(H2,2,3,4);;/q;+1;-1. The molecule has 0 heterocycles. The summed E-state index contributed by atoms with van der Waals surface area (Å²) in [4.78, 5) is 0. The molecule has 0 spiro atoms. The average molecular weight is 156 g/mol. The third-order valence-corrected chi connectivity index (χ3v) is 0.790. The van der Waals surface area contributed by atoms with Gasteiger partial charge < -0.3 is 1.43 Å². The van der Waals surface area contributed by atoms with Crippen LogP contribution in [0, 0.1) is 0 Å². The zero-order chi connectivity index (χ0) is 5.21. The first-order chi connectivity index (χ1) is 2.56. The van der Waals surface area contributed by atoms with E-state index in [-0.39, 0.29) is 31.0 Å². The monoisotopic (exact) mass is 155 g/mol. The number of hydrogen-bond acceptors (Lipinski definition) is 3. The summed E-state index contributed by atoms with van der Waals surface area (Å²) in [7, 11) is -3.90. The van der Waals surface area contributed by atoms with E-state index >= 15 is 0 Å². The summed E-state index contributed by atoms with van der Waals surface area (Å²) >= 11 is 4.26. The summed E-state index contributed by atoms with van der Waals surface area (Å²) in [5.74, 6) is 0. The summed E-state index contributed by atoms with van der Waals surface area (Å²) in [5, 5.41) is 4.15. The van der Waals surface area contributed by atoms with E-state index in [1.54, 1.807) is 0 Å². The molecule has 4 nitrogen and oxygen atoms in total. The second-order valence-corrected chi connectivity index (χ2v) is 2.05. The van der Waals surface area contributed by atoms with E-state index in [2.05, 4.69) is 20.7 Å². The second-order valence-electron chi connectivity index (χ2n) is 0.556. The number of hydrogen-bond donors (Lipinski definition) is 1. The first-order valence-electron chi connectivity index (χ1n) is 0.890. The van der Waals surface area contributed by atoms with Crippen molar-refractivity contribution in [1.82, 2.24) is 0 Å². The Hall–Kier alpha value is 1.16. The van der Waals surface area contributed by atoms with Crippen molar-refractivity contribution in [2.45, 2.75) is 0 Å². The van der Waals surface area contributed by atoms with Crippen LogP contribution < -0.4 is 34.7 Å². The van der Waals surface area contributed by atoms with Gasteiger partial charge in [0.15, 0.2) is 0 Å². The maximum atomic E-state index is 9.42. The minimum absolute atomic E-state index is 0. The fraction of sp³-hybridized carbons (Fsp3) is 0. The molecule has 0 saturated carbocycles. The molecule has 0 amide bonds. The number of nitrogens with two attached hydrogens (primary N) is 1. The van der Waals surface area contributed by atoms with Crippen molar-refractivity contribution in [3.05, 3.63) is 0 Å². The Morgan fingerprint density at radius 1 is 1.71 bits per heavy atom. The maximum Gasteiger partial charge on any atom is 1.00 e. The predicted molar refractivity (Wildman–Crippen MR) is 21.2 cm³/mol. The topological polar surface area (TPSA) is 69.4 Å². The fourth-order valence-electron chi connectivity index (χ4n) is 0. The van der Waals surface area contributed by atoms with E-state index in [1.165, 1.54) is 0 Å². The van der Waals surface area contributed by atoms with Crippen LogP contribution in [0.1, 0.15) is 1.43 Å². The minimum atomic E-state index is -3.90. The van der Waals surface area contributed by atoms with Gasteiger partial charge in [0.1, 0.15) is 0 Å². The van der Waals surface area contributed by atoms with Crippen LogP contribution in [-0.2, 0) is 14.0 Å². The third-order valence-electron chi connectivity index (χ3n) is 0.0878. The van der Waals surface area contributed by atoms with Crippen LogP contribution in [0.4, 0.5) is 0 Å². The molecule has 0 aliphatic heterocycles. The van der Waals surface area contributed by atoms with Crippen molar-refractivity contribution in [3.8, 4) is 0 Å². The zero-order valence-corrected chi connectivity index (χ0v) is 7.16. The Bertz CT molecular complexity index is 121. The molecule has 0 saturated heterocycles. The molecule has 40 valence electrons. The van der Waals surface area contributed by atoms with Crippen molar-refractivity contribution < 1.29 is 43.1 Å². The molecular formula is H3ClNNaO3S. The van der Waals surface area contributed by atoms with E-state index in [0.29, 0.717) is 0 Å². The predicted octanol–water partition coefficient (Wildman–Crippen LogP) is -3.52. The average Bonchev–Trinajstić information content (AvgIpc) is 1.35. The third kappa shape index (κ3) is 11.0. The molecule has 0 aromatic rings. The number of rotatable bonds is 1.